The first-order chi connectivity index (χ1) is 7.08. The summed E-state index contributed by atoms with van der Waals surface area (Å²) in [7, 11) is 0. The lowest BCUT2D eigenvalue weighted by molar-refractivity contribution is 0.589. The Balaban J connectivity index is 2.37. The van der Waals surface area contributed by atoms with E-state index in [0.717, 1.165) is 6.54 Å². The van der Waals surface area contributed by atoms with Crippen LogP contribution in [0, 0.1) is 6.92 Å². The second kappa shape index (κ2) is 6.19. The molecule has 1 atom stereocenters. The summed E-state index contributed by atoms with van der Waals surface area (Å²) in [5.41, 5.74) is 1.33. The number of thioether (sulfide) groups is 1. The molecule has 0 aliphatic heterocycles. The smallest absolute Gasteiger partial charge is 0.0191 e. The van der Waals surface area contributed by atoms with Crippen molar-refractivity contribution in [3.8, 4) is 0 Å². The third-order valence-corrected chi connectivity index (χ3v) is 3.29. The van der Waals surface area contributed by atoms with E-state index in [1.165, 1.54) is 10.5 Å². The fourth-order valence-electron chi connectivity index (χ4n) is 1.29. The Bertz CT molecular complexity index is 279. The summed E-state index contributed by atoms with van der Waals surface area (Å²) in [6, 6.07) is 9.32. The van der Waals surface area contributed by atoms with E-state index in [2.05, 4.69) is 57.3 Å². The molecule has 0 radical (unpaired) electrons. The van der Waals surface area contributed by atoms with Crippen molar-refractivity contribution in [2.24, 2.45) is 0 Å². The molecule has 1 N–H and O–H groups in total. The lowest BCUT2D eigenvalue weighted by Gasteiger charge is -2.14. The lowest BCUT2D eigenvalue weighted by Crippen LogP contribution is -2.28. The van der Waals surface area contributed by atoms with Gasteiger partial charge in [-0.05, 0) is 19.1 Å². The SMILES string of the molecule is Cc1ccc(SC(C)CNC(C)C)cc1. The van der Waals surface area contributed by atoms with Crippen molar-refractivity contribution in [1.29, 1.82) is 0 Å². The zero-order chi connectivity index (χ0) is 11.3. The van der Waals surface area contributed by atoms with E-state index in [4.69, 9.17) is 0 Å². The van der Waals surface area contributed by atoms with Crippen LogP contribution in [0.25, 0.3) is 0 Å². The van der Waals surface area contributed by atoms with Gasteiger partial charge in [-0.15, -0.1) is 11.8 Å². The van der Waals surface area contributed by atoms with Crippen molar-refractivity contribution in [2.45, 2.75) is 43.9 Å². The predicted molar refractivity (Wildman–Crippen MR) is 69.6 cm³/mol. The van der Waals surface area contributed by atoms with Gasteiger partial charge < -0.3 is 5.32 Å². The van der Waals surface area contributed by atoms with E-state index in [-0.39, 0.29) is 0 Å². The Morgan fingerprint density at radius 1 is 1.13 bits per heavy atom. The topological polar surface area (TPSA) is 12.0 Å². The Morgan fingerprint density at radius 2 is 1.73 bits per heavy atom. The largest absolute Gasteiger partial charge is 0.313 e. The summed E-state index contributed by atoms with van der Waals surface area (Å²) in [6.07, 6.45) is 0. The van der Waals surface area contributed by atoms with Crippen molar-refractivity contribution in [2.75, 3.05) is 6.54 Å². The van der Waals surface area contributed by atoms with Crippen molar-refractivity contribution < 1.29 is 0 Å². The second-order valence-corrected chi connectivity index (χ2v) is 5.82. The molecule has 1 unspecified atom stereocenters. The first kappa shape index (κ1) is 12.6. The maximum Gasteiger partial charge on any atom is 0.0191 e. The molecule has 15 heavy (non-hydrogen) atoms. The minimum Gasteiger partial charge on any atom is -0.313 e. The Labute approximate surface area is 97.7 Å². The number of hydrogen-bond donors (Lipinski definition) is 1. The van der Waals surface area contributed by atoms with Crippen LogP contribution in [0.5, 0.6) is 0 Å². The fraction of sp³-hybridized carbons (Fsp3) is 0.538. The van der Waals surface area contributed by atoms with Gasteiger partial charge in [0.15, 0.2) is 0 Å². The van der Waals surface area contributed by atoms with Crippen LogP contribution < -0.4 is 5.32 Å². The molecule has 0 fully saturated rings. The first-order valence-corrected chi connectivity index (χ1v) is 6.42. The molecular weight excluding hydrogens is 202 g/mol. The van der Waals surface area contributed by atoms with Crippen molar-refractivity contribution in [3.05, 3.63) is 29.8 Å². The maximum absolute atomic E-state index is 3.46. The minimum atomic E-state index is 0.575. The summed E-state index contributed by atoms with van der Waals surface area (Å²) in [6.45, 7) is 9.82. The fourth-order valence-corrected chi connectivity index (χ4v) is 2.23. The molecule has 84 valence electrons. The van der Waals surface area contributed by atoms with Crippen molar-refractivity contribution in [3.63, 3.8) is 0 Å². The monoisotopic (exact) mass is 223 g/mol. The summed E-state index contributed by atoms with van der Waals surface area (Å²) < 4.78 is 0. The van der Waals surface area contributed by atoms with Crippen LogP contribution in [0.3, 0.4) is 0 Å². The summed E-state index contributed by atoms with van der Waals surface area (Å²) >= 11 is 1.93. The molecule has 0 saturated heterocycles. The molecule has 1 aromatic carbocycles. The molecule has 0 aromatic heterocycles. The van der Waals surface area contributed by atoms with Gasteiger partial charge in [-0.3, -0.25) is 0 Å². The molecule has 0 saturated carbocycles. The molecule has 0 amide bonds. The quantitative estimate of drug-likeness (QED) is 0.767. The van der Waals surface area contributed by atoms with Gasteiger partial charge in [0.1, 0.15) is 0 Å². The Morgan fingerprint density at radius 3 is 2.27 bits per heavy atom. The van der Waals surface area contributed by atoms with Crippen LogP contribution >= 0.6 is 11.8 Å². The minimum absolute atomic E-state index is 0.575. The zero-order valence-corrected chi connectivity index (χ0v) is 10.9. The van der Waals surface area contributed by atoms with E-state index >= 15 is 0 Å². The molecule has 0 heterocycles. The maximum atomic E-state index is 3.46. The van der Waals surface area contributed by atoms with Crippen LogP contribution in [-0.2, 0) is 0 Å². The molecule has 0 bridgehead atoms. The first-order valence-electron chi connectivity index (χ1n) is 5.54. The molecule has 0 aliphatic rings. The van der Waals surface area contributed by atoms with Crippen LogP contribution in [-0.4, -0.2) is 17.8 Å². The number of hydrogen-bond acceptors (Lipinski definition) is 2. The normalized spacial score (nSPS) is 13.1. The summed E-state index contributed by atoms with van der Waals surface area (Å²) in [5, 5.41) is 4.08. The third-order valence-electron chi connectivity index (χ3n) is 2.17. The standard InChI is InChI=1S/C13H21NS/c1-10(2)14-9-12(4)15-13-7-5-11(3)6-8-13/h5-8,10,12,14H,9H2,1-4H3. The molecule has 0 aliphatic carbocycles. The van der Waals surface area contributed by atoms with Gasteiger partial charge in [0.05, 0.1) is 0 Å². The molecule has 2 heteroatoms. The van der Waals surface area contributed by atoms with Crippen LogP contribution in [0.4, 0.5) is 0 Å². The van der Waals surface area contributed by atoms with Gasteiger partial charge in [0, 0.05) is 22.7 Å². The van der Waals surface area contributed by atoms with E-state index < -0.39 is 0 Å². The lowest BCUT2D eigenvalue weighted by atomic mass is 10.2. The molecule has 1 nitrogen and oxygen atoms in total. The van der Waals surface area contributed by atoms with E-state index in [1.54, 1.807) is 0 Å². The van der Waals surface area contributed by atoms with E-state index in [1.807, 2.05) is 11.8 Å². The van der Waals surface area contributed by atoms with Crippen LogP contribution in [0.2, 0.25) is 0 Å². The summed E-state index contributed by atoms with van der Waals surface area (Å²) in [5.74, 6) is 0. The molecule has 0 spiro atoms. The van der Waals surface area contributed by atoms with Gasteiger partial charge >= 0.3 is 0 Å². The Kier molecular flexibility index (Phi) is 5.20. The highest BCUT2D eigenvalue weighted by molar-refractivity contribution is 8.00. The number of rotatable bonds is 5. The highest BCUT2D eigenvalue weighted by Gasteiger charge is 2.04. The van der Waals surface area contributed by atoms with Crippen LogP contribution in [0.1, 0.15) is 26.3 Å². The number of nitrogens with one attached hydrogen (secondary N) is 1. The Hall–Kier alpha value is -0.470. The zero-order valence-electron chi connectivity index (χ0n) is 10.1. The number of aryl methyl sites for hydroxylation is 1. The van der Waals surface area contributed by atoms with Crippen molar-refractivity contribution >= 4 is 11.8 Å². The molecular formula is C13H21NS. The summed E-state index contributed by atoms with van der Waals surface area (Å²) in [4.78, 5) is 1.36. The predicted octanol–water partition coefficient (Wildman–Crippen LogP) is 3.47. The highest BCUT2D eigenvalue weighted by Crippen LogP contribution is 2.22. The second-order valence-electron chi connectivity index (χ2n) is 4.30. The third kappa shape index (κ3) is 5.24. The van der Waals surface area contributed by atoms with Crippen molar-refractivity contribution in [1.82, 2.24) is 5.32 Å². The van der Waals surface area contributed by atoms with E-state index in [9.17, 15) is 0 Å². The van der Waals surface area contributed by atoms with Gasteiger partial charge in [-0.25, -0.2) is 0 Å². The molecule has 1 aromatic rings. The van der Waals surface area contributed by atoms with Gasteiger partial charge in [0.25, 0.3) is 0 Å². The highest BCUT2D eigenvalue weighted by atomic mass is 32.2. The van der Waals surface area contributed by atoms with Gasteiger partial charge in [-0.2, -0.15) is 0 Å². The average molecular weight is 223 g/mol. The molecule has 1 rings (SSSR count). The number of benzene rings is 1. The average Bonchev–Trinajstić information content (AvgIpc) is 2.19. The van der Waals surface area contributed by atoms with Crippen LogP contribution in [0.15, 0.2) is 29.2 Å². The van der Waals surface area contributed by atoms with Gasteiger partial charge in [-0.1, -0.05) is 38.5 Å². The van der Waals surface area contributed by atoms with Gasteiger partial charge in [0.2, 0.25) is 0 Å². The van der Waals surface area contributed by atoms with E-state index in [0.29, 0.717) is 11.3 Å².